The average molecular weight is 343 g/mol. The minimum Gasteiger partial charge on any atom is -0.494 e. The van der Waals surface area contributed by atoms with E-state index in [-0.39, 0.29) is 23.8 Å². The zero-order valence-corrected chi connectivity index (χ0v) is 13.8. The van der Waals surface area contributed by atoms with Crippen LogP contribution in [0.3, 0.4) is 0 Å². The predicted octanol–water partition coefficient (Wildman–Crippen LogP) is 2.58. The molecule has 25 heavy (non-hydrogen) atoms. The summed E-state index contributed by atoms with van der Waals surface area (Å²) in [7, 11) is 1.34. The van der Waals surface area contributed by atoms with Crippen LogP contribution in [0.25, 0.3) is 0 Å². The Hall–Kier alpha value is -2.89. The van der Waals surface area contributed by atoms with Crippen LogP contribution in [0, 0.1) is 5.82 Å². The number of halogens is 1. The minimum atomic E-state index is -0.743. The summed E-state index contributed by atoms with van der Waals surface area (Å²) in [4.78, 5) is 25.9. The molecule has 0 saturated heterocycles. The molecule has 1 aliphatic heterocycles. The molecule has 1 amide bonds. The maximum Gasteiger partial charge on any atom is 0.338 e. The lowest BCUT2D eigenvalue weighted by Crippen LogP contribution is -2.38. The van der Waals surface area contributed by atoms with Crippen LogP contribution in [0.2, 0.25) is 0 Å². The van der Waals surface area contributed by atoms with Gasteiger partial charge in [-0.15, -0.1) is 0 Å². The highest BCUT2D eigenvalue weighted by Crippen LogP contribution is 2.20. The fraction of sp³-hybridized carbons (Fsp3) is 0.263. The number of esters is 1. The predicted molar refractivity (Wildman–Crippen MR) is 88.8 cm³/mol. The second-order valence-corrected chi connectivity index (χ2v) is 5.76. The van der Waals surface area contributed by atoms with E-state index in [4.69, 9.17) is 9.47 Å². The maximum atomic E-state index is 13.6. The molecule has 0 spiro atoms. The fourth-order valence-electron chi connectivity index (χ4n) is 2.80. The highest BCUT2D eigenvalue weighted by atomic mass is 19.1. The summed E-state index contributed by atoms with van der Waals surface area (Å²) < 4.78 is 23.5. The molecule has 0 bridgehead atoms. The molecule has 2 aromatic rings. The van der Waals surface area contributed by atoms with Gasteiger partial charge >= 0.3 is 5.97 Å². The van der Waals surface area contributed by atoms with Crippen LogP contribution < -0.4 is 4.74 Å². The van der Waals surface area contributed by atoms with Gasteiger partial charge in [0, 0.05) is 13.1 Å². The molecule has 1 aliphatic rings. The Kier molecular flexibility index (Phi) is 4.97. The number of carbonyl (C=O) groups excluding carboxylic acids is 2. The van der Waals surface area contributed by atoms with E-state index in [0.717, 1.165) is 18.1 Å². The first-order chi connectivity index (χ1) is 12.1. The highest BCUT2D eigenvalue weighted by molar-refractivity contribution is 5.91. The highest BCUT2D eigenvalue weighted by Gasteiger charge is 2.21. The van der Waals surface area contributed by atoms with Crippen LogP contribution in [0.4, 0.5) is 4.39 Å². The normalized spacial score (nSPS) is 13.1. The number of nitrogens with zero attached hydrogens (tertiary/aromatic N) is 1. The third-order valence-electron chi connectivity index (χ3n) is 4.20. The van der Waals surface area contributed by atoms with E-state index in [1.54, 1.807) is 4.90 Å². The van der Waals surface area contributed by atoms with E-state index in [1.165, 1.54) is 24.8 Å². The summed E-state index contributed by atoms with van der Waals surface area (Å²) in [6, 6.07) is 11.7. The molecule has 2 aromatic carbocycles. The number of fused-ring (bicyclic) bond motifs is 1. The van der Waals surface area contributed by atoms with Crippen molar-refractivity contribution in [1.82, 2.24) is 4.90 Å². The zero-order chi connectivity index (χ0) is 17.8. The van der Waals surface area contributed by atoms with Crippen LogP contribution >= 0.6 is 0 Å². The van der Waals surface area contributed by atoms with Gasteiger partial charge in [-0.2, -0.15) is 0 Å². The van der Waals surface area contributed by atoms with E-state index in [2.05, 4.69) is 6.07 Å². The van der Waals surface area contributed by atoms with E-state index < -0.39 is 11.8 Å². The van der Waals surface area contributed by atoms with Gasteiger partial charge in [0.15, 0.2) is 18.2 Å². The maximum absolute atomic E-state index is 13.6. The number of hydrogen-bond acceptors (Lipinski definition) is 4. The summed E-state index contributed by atoms with van der Waals surface area (Å²) in [6.45, 7) is 0.725. The van der Waals surface area contributed by atoms with E-state index in [0.29, 0.717) is 13.1 Å². The first-order valence-corrected chi connectivity index (χ1v) is 7.93. The first-order valence-electron chi connectivity index (χ1n) is 7.93. The second kappa shape index (κ2) is 7.34. The van der Waals surface area contributed by atoms with Gasteiger partial charge in [0.25, 0.3) is 5.91 Å². The summed E-state index contributed by atoms with van der Waals surface area (Å²) >= 11 is 0. The lowest BCUT2D eigenvalue weighted by atomic mass is 10.00. The van der Waals surface area contributed by atoms with Crippen LogP contribution in [0.5, 0.6) is 5.75 Å². The van der Waals surface area contributed by atoms with Crippen molar-refractivity contribution in [2.45, 2.75) is 13.0 Å². The van der Waals surface area contributed by atoms with Gasteiger partial charge in [0.2, 0.25) is 0 Å². The van der Waals surface area contributed by atoms with E-state index >= 15 is 0 Å². The molecule has 0 N–H and O–H groups in total. The van der Waals surface area contributed by atoms with Gasteiger partial charge in [-0.25, -0.2) is 9.18 Å². The zero-order valence-electron chi connectivity index (χ0n) is 13.8. The molecule has 0 saturated carbocycles. The number of hydrogen-bond donors (Lipinski definition) is 0. The molecule has 0 atom stereocenters. The third-order valence-corrected chi connectivity index (χ3v) is 4.20. The van der Waals surface area contributed by atoms with Crippen molar-refractivity contribution >= 4 is 11.9 Å². The molecule has 130 valence electrons. The molecule has 0 aliphatic carbocycles. The molecule has 0 radical (unpaired) electrons. The number of methoxy groups -OCH3 is 1. The molecule has 3 rings (SSSR count). The van der Waals surface area contributed by atoms with Crippen molar-refractivity contribution in [3.8, 4) is 5.75 Å². The summed E-state index contributed by atoms with van der Waals surface area (Å²) in [6.07, 6.45) is 0.777. The monoisotopic (exact) mass is 343 g/mol. The Labute approximate surface area is 145 Å². The SMILES string of the molecule is COc1ccc(C(=O)OCC(=O)N2CCc3ccccc3C2)cc1F. The van der Waals surface area contributed by atoms with Gasteiger partial charge in [0.1, 0.15) is 0 Å². The molecule has 1 heterocycles. The third kappa shape index (κ3) is 3.79. The Morgan fingerprint density at radius 2 is 1.92 bits per heavy atom. The molecular weight excluding hydrogens is 325 g/mol. The van der Waals surface area contributed by atoms with Crippen LogP contribution in [0.15, 0.2) is 42.5 Å². The standard InChI is InChI=1S/C19H18FNO4/c1-24-17-7-6-14(10-16(17)20)19(23)25-12-18(22)21-9-8-13-4-2-3-5-15(13)11-21/h2-7,10H,8-9,11-12H2,1H3. The summed E-state index contributed by atoms with van der Waals surface area (Å²) in [5.74, 6) is -1.63. The molecule has 0 fully saturated rings. The number of rotatable bonds is 4. The van der Waals surface area contributed by atoms with Crippen molar-refractivity contribution in [1.29, 1.82) is 0 Å². The Morgan fingerprint density at radius 3 is 2.64 bits per heavy atom. The number of ether oxygens (including phenoxy) is 2. The van der Waals surface area contributed by atoms with Gasteiger partial charge in [0.05, 0.1) is 12.7 Å². The van der Waals surface area contributed by atoms with Crippen LogP contribution in [0.1, 0.15) is 21.5 Å². The smallest absolute Gasteiger partial charge is 0.338 e. The van der Waals surface area contributed by atoms with Crippen LogP contribution in [-0.2, 0) is 22.5 Å². The Balaban J connectivity index is 1.57. The lowest BCUT2D eigenvalue weighted by molar-refractivity contribution is -0.135. The molecule has 6 heteroatoms. The molecule has 5 nitrogen and oxygen atoms in total. The van der Waals surface area contributed by atoms with Crippen molar-refractivity contribution in [2.75, 3.05) is 20.3 Å². The number of benzene rings is 2. The fourth-order valence-corrected chi connectivity index (χ4v) is 2.80. The van der Waals surface area contributed by atoms with Crippen molar-refractivity contribution in [2.24, 2.45) is 0 Å². The second-order valence-electron chi connectivity index (χ2n) is 5.76. The number of carbonyl (C=O) groups is 2. The molecule has 0 unspecified atom stereocenters. The van der Waals surface area contributed by atoms with E-state index in [9.17, 15) is 14.0 Å². The van der Waals surface area contributed by atoms with Crippen molar-refractivity contribution in [3.63, 3.8) is 0 Å². The molecular formula is C19H18FNO4. The van der Waals surface area contributed by atoms with Gasteiger partial charge in [-0.3, -0.25) is 4.79 Å². The van der Waals surface area contributed by atoms with E-state index in [1.807, 2.05) is 18.2 Å². The summed E-state index contributed by atoms with van der Waals surface area (Å²) in [5, 5.41) is 0. The Bertz CT molecular complexity index is 806. The minimum absolute atomic E-state index is 0.0371. The quantitative estimate of drug-likeness (QED) is 0.801. The van der Waals surface area contributed by atoms with Gasteiger partial charge < -0.3 is 14.4 Å². The van der Waals surface area contributed by atoms with Gasteiger partial charge in [-0.1, -0.05) is 24.3 Å². The topological polar surface area (TPSA) is 55.8 Å². The van der Waals surface area contributed by atoms with Gasteiger partial charge in [-0.05, 0) is 35.7 Å². The van der Waals surface area contributed by atoms with Crippen molar-refractivity contribution in [3.05, 3.63) is 65.0 Å². The van der Waals surface area contributed by atoms with Crippen molar-refractivity contribution < 1.29 is 23.5 Å². The first kappa shape index (κ1) is 17.0. The number of amides is 1. The van der Waals surface area contributed by atoms with Crippen LogP contribution in [-0.4, -0.2) is 37.0 Å². The lowest BCUT2D eigenvalue weighted by Gasteiger charge is -2.28. The Morgan fingerprint density at radius 1 is 1.16 bits per heavy atom. The molecule has 0 aromatic heterocycles. The largest absolute Gasteiger partial charge is 0.494 e. The average Bonchev–Trinajstić information content (AvgIpc) is 2.65. The summed E-state index contributed by atoms with van der Waals surface area (Å²) in [5.41, 5.74) is 2.37.